The van der Waals surface area contributed by atoms with Crippen molar-refractivity contribution < 1.29 is 8.42 Å². The van der Waals surface area contributed by atoms with E-state index in [2.05, 4.69) is 18.8 Å². The molecule has 0 radical (unpaired) electrons. The predicted octanol–water partition coefficient (Wildman–Crippen LogP) is 2.13. The highest BCUT2D eigenvalue weighted by Crippen LogP contribution is 2.15. The molecule has 0 aliphatic heterocycles. The summed E-state index contributed by atoms with van der Waals surface area (Å²) in [7, 11) is -3.49. The Labute approximate surface area is 122 Å². The van der Waals surface area contributed by atoms with Crippen molar-refractivity contribution in [1.29, 1.82) is 0 Å². The number of rotatable bonds is 9. The van der Waals surface area contributed by atoms with Gasteiger partial charge in [0, 0.05) is 25.8 Å². The summed E-state index contributed by atoms with van der Waals surface area (Å²) in [5.74, 6) is 0. The van der Waals surface area contributed by atoms with Gasteiger partial charge in [0.25, 0.3) is 10.0 Å². The van der Waals surface area contributed by atoms with E-state index in [0.717, 1.165) is 31.2 Å². The lowest BCUT2D eigenvalue weighted by Crippen LogP contribution is -2.33. The van der Waals surface area contributed by atoms with Gasteiger partial charge in [0.05, 0.1) is 0 Å². The molecule has 20 heavy (non-hydrogen) atoms. The summed E-state index contributed by atoms with van der Waals surface area (Å²) in [5, 5.41) is 0.113. The summed E-state index contributed by atoms with van der Waals surface area (Å²) in [4.78, 5) is 4.05. The number of hydrogen-bond acceptors (Lipinski definition) is 4. The van der Waals surface area contributed by atoms with Gasteiger partial charge in [0.15, 0.2) is 5.03 Å². The fraction of sp³-hybridized carbons (Fsp3) is 0.643. The number of nitrogens with two attached hydrogens (primary N) is 1. The van der Waals surface area contributed by atoms with Crippen LogP contribution >= 0.6 is 0 Å². The van der Waals surface area contributed by atoms with Crippen LogP contribution in [0.15, 0.2) is 23.4 Å². The van der Waals surface area contributed by atoms with Crippen molar-refractivity contribution in [1.82, 2.24) is 9.29 Å². The molecule has 0 saturated heterocycles. The Morgan fingerprint density at radius 2 is 1.75 bits per heavy atom. The van der Waals surface area contributed by atoms with Gasteiger partial charge >= 0.3 is 0 Å². The van der Waals surface area contributed by atoms with Gasteiger partial charge in [0.2, 0.25) is 0 Å². The topological polar surface area (TPSA) is 76.3 Å². The van der Waals surface area contributed by atoms with Crippen LogP contribution in [0, 0.1) is 0 Å². The molecule has 2 N–H and O–H groups in total. The number of sulfonamides is 1. The summed E-state index contributed by atoms with van der Waals surface area (Å²) in [5.41, 5.74) is 6.33. The normalized spacial score (nSPS) is 12.0. The van der Waals surface area contributed by atoms with Crippen LogP contribution in [-0.2, 0) is 16.6 Å². The molecule has 0 aliphatic rings. The molecule has 0 spiro atoms. The summed E-state index contributed by atoms with van der Waals surface area (Å²) < 4.78 is 26.7. The molecule has 0 atom stereocenters. The average molecular weight is 299 g/mol. The average Bonchev–Trinajstić information content (AvgIpc) is 2.47. The Balaban J connectivity index is 2.94. The first kappa shape index (κ1) is 17.1. The summed E-state index contributed by atoms with van der Waals surface area (Å²) >= 11 is 0. The minimum atomic E-state index is -3.49. The Bertz CT molecular complexity index is 478. The lowest BCUT2D eigenvalue weighted by molar-refractivity contribution is 0.393. The van der Waals surface area contributed by atoms with Crippen molar-refractivity contribution in [3.63, 3.8) is 0 Å². The third-order valence-corrected chi connectivity index (χ3v) is 4.97. The number of unbranched alkanes of at least 4 members (excludes halogenated alkanes) is 2. The maximum Gasteiger partial charge on any atom is 0.260 e. The van der Waals surface area contributed by atoms with Crippen molar-refractivity contribution in [2.45, 2.75) is 51.1 Å². The minimum Gasteiger partial charge on any atom is -0.326 e. The molecule has 114 valence electrons. The van der Waals surface area contributed by atoms with Crippen LogP contribution < -0.4 is 5.73 Å². The third kappa shape index (κ3) is 4.54. The molecule has 0 fully saturated rings. The maximum absolute atomic E-state index is 12.6. The minimum absolute atomic E-state index is 0.113. The molecule has 0 saturated carbocycles. The first-order chi connectivity index (χ1) is 9.56. The van der Waals surface area contributed by atoms with E-state index in [-0.39, 0.29) is 5.03 Å². The zero-order valence-corrected chi connectivity index (χ0v) is 13.2. The third-order valence-electron chi connectivity index (χ3n) is 3.16. The van der Waals surface area contributed by atoms with Crippen molar-refractivity contribution >= 4 is 10.0 Å². The molecule has 0 amide bonds. The summed E-state index contributed by atoms with van der Waals surface area (Å²) in [6, 6.07) is 3.26. The summed E-state index contributed by atoms with van der Waals surface area (Å²) in [6.45, 7) is 5.58. The van der Waals surface area contributed by atoms with E-state index in [1.54, 1.807) is 16.4 Å². The Morgan fingerprint density at radius 1 is 1.15 bits per heavy atom. The van der Waals surface area contributed by atoms with Gasteiger partial charge in [-0.3, -0.25) is 0 Å². The van der Waals surface area contributed by atoms with Crippen molar-refractivity contribution in [2.24, 2.45) is 5.73 Å². The van der Waals surface area contributed by atoms with Crippen molar-refractivity contribution in [3.8, 4) is 0 Å². The largest absolute Gasteiger partial charge is 0.326 e. The number of nitrogens with zero attached hydrogens (tertiary/aromatic N) is 2. The molecule has 5 nitrogen and oxygen atoms in total. The molecule has 0 unspecified atom stereocenters. The monoisotopic (exact) mass is 299 g/mol. The van der Waals surface area contributed by atoms with Gasteiger partial charge in [-0.15, -0.1) is 0 Å². The standard InChI is InChI=1S/C14H25N3O2S/c1-3-5-9-17(10-6-4-2)20(18,19)14-8-7-13(11-15)12-16-14/h7-8,12H,3-6,9-11,15H2,1-2H3. The first-order valence-electron chi connectivity index (χ1n) is 7.21. The zero-order valence-electron chi connectivity index (χ0n) is 12.4. The van der Waals surface area contributed by atoms with Crippen LogP contribution in [0.5, 0.6) is 0 Å². The number of aromatic nitrogens is 1. The number of hydrogen-bond donors (Lipinski definition) is 1. The molecule has 0 aromatic carbocycles. The van der Waals surface area contributed by atoms with Crippen LogP contribution in [0.3, 0.4) is 0 Å². The van der Waals surface area contributed by atoms with Crippen molar-refractivity contribution in [2.75, 3.05) is 13.1 Å². The molecule has 0 aliphatic carbocycles. The molecule has 6 heteroatoms. The van der Waals surface area contributed by atoms with Gasteiger partial charge in [0.1, 0.15) is 0 Å². The van der Waals surface area contributed by atoms with E-state index >= 15 is 0 Å². The molecular weight excluding hydrogens is 274 g/mol. The van der Waals surface area contributed by atoms with Crippen LogP contribution in [0.2, 0.25) is 0 Å². The van der Waals surface area contributed by atoms with Gasteiger partial charge < -0.3 is 5.73 Å². The van der Waals surface area contributed by atoms with E-state index in [1.165, 1.54) is 6.20 Å². The van der Waals surface area contributed by atoms with E-state index in [0.29, 0.717) is 19.6 Å². The fourth-order valence-corrected chi connectivity index (χ4v) is 3.27. The lowest BCUT2D eigenvalue weighted by Gasteiger charge is -2.21. The molecule has 0 bridgehead atoms. The Morgan fingerprint density at radius 3 is 2.15 bits per heavy atom. The fourth-order valence-electron chi connectivity index (χ4n) is 1.84. The van der Waals surface area contributed by atoms with Gasteiger partial charge in [-0.1, -0.05) is 32.8 Å². The van der Waals surface area contributed by atoms with E-state index < -0.39 is 10.0 Å². The Kier molecular flexibility index (Phi) is 7.12. The van der Waals surface area contributed by atoms with Gasteiger partial charge in [-0.05, 0) is 24.5 Å². The Hall–Kier alpha value is -0.980. The summed E-state index contributed by atoms with van der Waals surface area (Å²) in [6.07, 6.45) is 5.20. The van der Waals surface area contributed by atoms with Crippen molar-refractivity contribution in [3.05, 3.63) is 23.9 Å². The quantitative estimate of drug-likeness (QED) is 0.758. The highest BCUT2D eigenvalue weighted by molar-refractivity contribution is 7.89. The SMILES string of the molecule is CCCCN(CCCC)S(=O)(=O)c1ccc(CN)cn1. The second-order valence-electron chi connectivity index (χ2n) is 4.82. The van der Waals surface area contributed by atoms with Crippen LogP contribution in [0.25, 0.3) is 0 Å². The van der Waals surface area contributed by atoms with Crippen LogP contribution in [0.1, 0.15) is 45.1 Å². The highest BCUT2D eigenvalue weighted by Gasteiger charge is 2.24. The number of pyridine rings is 1. The second kappa shape index (κ2) is 8.34. The van der Waals surface area contributed by atoms with Crippen LogP contribution in [0.4, 0.5) is 0 Å². The lowest BCUT2D eigenvalue weighted by atomic mass is 10.3. The molecular formula is C14H25N3O2S. The molecule has 1 aromatic heterocycles. The van der Waals surface area contributed by atoms with Gasteiger partial charge in [-0.2, -0.15) is 4.31 Å². The predicted molar refractivity (Wildman–Crippen MR) is 80.7 cm³/mol. The van der Waals surface area contributed by atoms with E-state index in [9.17, 15) is 8.42 Å². The molecule has 1 aromatic rings. The smallest absolute Gasteiger partial charge is 0.260 e. The molecule has 1 rings (SSSR count). The first-order valence-corrected chi connectivity index (χ1v) is 8.65. The maximum atomic E-state index is 12.6. The molecule has 1 heterocycles. The van der Waals surface area contributed by atoms with E-state index in [1.807, 2.05) is 0 Å². The van der Waals surface area contributed by atoms with Gasteiger partial charge in [-0.25, -0.2) is 13.4 Å². The van der Waals surface area contributed by atoms with E-state index in [4.69, 9.17) is 5.73 Å². The van der Waals surface area contributed by atoms with Crippen LogP contribution in [-0.4, -0.2) is 30.8 Å². The zero-order chi connectivity index (χ0) is 15.0. The highest BCUT2D eigenvalue weighted by atomic mass is 32.2. The second-order valence-corrected chi connectivity index (χ2v) is 6.70.